The lowest BCUT2D eigenvalue weighted by atomic mass is 9.88. The predicted octanol–water partition coefficient (Wildman–Crippen LogP) is 4.06. The molecule has 0 fully saturated rings. The lowest BCUT2D eigenvalue weighted by molar-refractivity contribution is 0.0214. The van der Waals surface area contributed by atoms with Crippen LogP contribution in [0.3, 0.4) is 0 Å². The summed E-state index contributed by atoms with van der Waals surface area (Å²) < 4.78 is 0. The lowest BCUT2D eigenvalue weighted by Crippen LogP contribution is -2.27. The van der Waals surface area contributed by atoms with E-state index in [1.165, 1.54) is 12.8 Å². The molecule has 84 valence electrons. The summed E-state index contributed by atoms with van der Waals surface area (Å²) in [6.07, 6.45) is 11.5. The molecule has 0 heterocycles. The van der Waals surface area contributed by atoms with E-state index in [1.54, 1.807) is 0 Å². The Labute approximate surface area is 89.2 Å². The minimum absolute atomic E-state index is 0.432. The van der Waals surface area contributed by atoms with Crippen LogP contribution in [-0.2, 0) is 0 Å². The minimum Gasteiger partial charge on any atom is -0.390 e. The van der Waals surface area contributed by atoms with E-state index in [0.29, 0.717) is 0 Å². The summed E-state index contributed by atoms with van der Waals surface area (Å²) in [6.45, 7) is 6.37. The van der Waals surface area contributed by atoms with Gasteiger partial charge in [-0.2, -0.15) is 0 Å². The van der Waals surface area contributed by atoms with E-state index in [2.05, 4.69) is 19.9 Å². The van der Waals surface area contributed by atoms with Crippen molar-refractivity contribution in [2.45, 2.75) is 71.3 Å². The number of hydrogen-bond acceptors (Lipinski definition) is 1. The molecule has 1 heteroatoms. The molecule has 14 heavy (non-hydrogen) atoms. The lowest BCUT2D eigenvalue weighted by Gasteiger charge is -2.26. The Kier molecular flexibility index (Phi) is 7.87. The molecular formula is C13H26O. The Balaban J connectivity index is 4.02. The van der Waals surface area contributed by atoms with Gasteiger partial charge in [0.15, 0.2) is 0 Å². The highest BCUT2D eigenvalue weighted by Gasteiger charge is 2.23. The molecule has 0 atom stereocenters. The molecule has 0 aromatic carbocycles. The van der Waals surface area contributed by atoms with Gasteiger partial charge in [0.05, 0.1) is 5.60 Å². The van der Waals surface area contributed by atoms with Gasteiger partial charge >= 0.3 is 0 Å². The van der Waals surface area contributed by atoms with Gasteiger partial charge in [-0.3, -0.25) is 0 Å². The molecule has 1 N–H and O–H groups in total. The monoisotopic (exact) mass is 198 g/mol. The van der Waals surface area contributed by atoms with Crippen LogP contribution in [0.1, 0.15) is 65.7 Å². The van der Waals surface area contributed by atoms with Crippen LogP contribution in [0.2, 0.25) is 0 Å². The highest BCUT2D eigenvalue weighted by molar-refractivity contribution is 4.89. The van der Waals surface area contributed by atoms with E-state index in [1.807, 2.05) is 13.0 Å². The molecule has 0 aliphatic heterocycles. The molecule has 0 rings (SSSR count). The van der Waals surface area contributed by atoms with Gasteiger partial charge in [-0.15, -0.1) is 0 Å². The largest absolute Gasteiger partial charge is 0.390 e. The van der Waals surface area contributed by atoms with Gasteiger partial charge in [-0.05, 0) is 26.2 Å². The van der Waals surface area contributed by atoms with Crippen LogP contribution in [-0.4, -0.2) is 10.7 Å². The van der Waals surface area contributed by atoms with Gasteiger partial charge in [-0.25, -0.2) is 0 Å². The summed E-state index contributed by atoms with van der Waals surface area (Å²) in [7, 11) is 0. The number of aliphatic hydroxyl groups is 1. The van der Waals surface area contributed by atoms with Crippen LogP contribution < -0.4 is 0 Å². The molecule has 0 saturated carbocycles. The second kappa shape index (κ2) is 8.05. The van der Waals surface area contributed by atoms with Gasteiger partial charge in [-0.1, -0.05) is 51.7 Å². The summed E-state index contributed by atoms with van der Waals surface area (Å²) in [6, 6.07) is 0. The van der Waals surface area contributed by atoms with Crippen molar-refractivity contribution in [3.05, 3.63) is 12.2 Å². The molecule has 0 aliphatic carbocycles. The molecular weight excluding hydrogens is 172 g/mol. The SMILES string of the molecule is C/C=C\CC(O)(CCCC)CCCC. The van der Waals surface area contributed by atoms with Crippen LogP contribution in [0.5, 0.6) is 0 Å². The van der Waals surface area contributed by atoms with Crippen LogP contribution in [0, 0.1) is 0 Å². The summed E-state index contributed by atoms with van der Waals surface area (Å²) in [4.78, 5) is 0. The fraction of sp³-hybridized carbons (Fsp3) is 0.846. The van der Waals surface area contributed by atoms with Crippen molar-refractivity contribution in [1.82, 2.24) is 0 Å². The van der Waals surface area contributed by atoms with Gasteiger partial charge in [0.2, 0.25) is 0 Å². The van der Waals surface area contributed by atoms with Crippen LogP contribution >= 0.6 is 0 Å². The molecule has 0 bridgehead atoms. The molecule has 1 nitrogen and oxygen atoms in total. The minimum atomic E-state index is -0.432. The van der Waals surface area contributed by atoms with E-state index in [0.717, 1.165) is 32.1 Å². The third-order valence-corrected chi connectivity index (χ3v) is 2.72. The number of rotatable bonds is 8. The smallest absolute Gasteiger partial charge is 0.0682 e. The van der Waals surface area contributed by atoms with Gasteiger partial charge in [0, 0.05) is 0 Å². The molecule has 0 aliphatic rings. The maximum Gasteiger partial charge on any atom is 0.0682 e. The summed E-state index contributed by atoms with van der Waals surface area (Å²) in [5.41, 5.74) is -0.432. The van der Waals surface area contributed by atoms with Crippen molar-refractivity contribution in [3.63, 3.8) is 0 Å². The van der Waals surface area contributed by atoms with Crippen molar-refractivity contribution >= 4 is 0 Å². The number of allylic oxidation sites excluding steroid dienone is 1. The Hall–Kier alpha value is -0.300. The Morgan fingerprint density at radius 1 is 1.07 bits per heavy atom. The normalized spacial score (nSPS) is 12.6. The van der Waals surface area contributed by atoms with E-state index in [-0.39, 0.29) is 0 Å². The third kappa shape index (κ3) is 6.20. The summed E-state index contributed by atoms with van der Waals surface area (Å²) >= 11 is 0. The zero-order valence-corrected chi connectivity index (χ0v) is 10.1. The summed E-state index contributed by atoms with van der Waals surface area (Å²) in [5, 5.41) is 10.4. The highest BCUT2D eigenvalue weighted by atomic mass is 16.3. The predicted molar refractivity (Wildman–Crippen MR) is 63.4 cm³/mol. The fourth-order valence-corrected chi connectivity index (χ4v) is 1.68. The fourth-order valence-electron chi connectivity index (χ4n) is 1.68. The van der Waals surface area contributed by atoms with Crippen LogP contribution in [0.4, 0.5) is 0 Å². The number of unbranched alkanes of at least 4 members (excludes halogenated alkanes) is 2. The molecule has 0 unspecified atom stereocenters. The maximum absolute atomic E-state index is 10.4. The Bertz CT molecular complexity index is 141. The van der Waals surface area contributed by atoms with Crippen molar-refractivity contribution in [3.8, 4) is 0 Å². The molecule has 0 saturated heterocycles. The van der Waals surface area contributed by atoms with Gasteiger partial charge in [0.1, 0.15) is 0 Å². The zero-order chi connectivity index (χ0) is 10.9. The average molecular weight is 198 g/mol. The van der Waals surface area contributed by atoms with E-state index in [4.69, 9.17) is 0 Å². The summed E-state index contributed by atoms with van der Waals surface area (Å²) in [5.74, 6) is 0. The zero-order valence-electron chi connectivity index (χ0n) is 10.1. The van der Waals surface area contributed by atoms with E-state index >= 15 is 0 Å². The molecule has 0 radical (unpaired) electrons. The second-order valence-electron chi connectivity index (χ2n) is 4.20. The Morgan fingerprint density at radius 2 is 1.57 bits per heavy atom. The standard InChI is InChI=1S/C13H26O/c1-4-7-10-13(14,11-8-5-2)12-9-6-3/h4,7,14H,5-6,8-12H2,1-3H3/b7-4-. The third-order valence-electron chi connectivity index (χ3n) is 2.72. The molecule has 0 aromatic rings. The first kappa shape index (κ1) is 13.7. The molecule has 0 aromatic heterocycles. The van der Waals surface area contributed by atoms with E-state index in [9.17, 15) is 5.11 Å². The van der Waals surface area contributed by atoms with Crippen molar-refractivity contribution in [2.24, 2.45) is 0 Å². The van der Waals surface area contributed by atoms with Crippen LogP contribution in [0.25, 0.3) is 0 Å². The molecule has 0 amide bonds. The van der Waals surface area contributed by atoms with Gasteiger partial charge in [0.25, 0.3) is 0 Å². The van der Waals surface area contributed by atoms with Crippen molar-refractivity contribution in [2.75, 3.05) is 0 Å². The Morgan fingerprint density at radius 3 is 1.93 bits per heavy atom. The second-order valence-corrected chi connectivity index (χ2v) is 4.20. The first-order valence-corrected chi connectivity index (χ1v) is 6.02. The van der Waals surface area contributed by atoms with Crippen molar-refractivity contribution < 1.29 is 5.11 Å². The first-order valence-electron chi connectivity index (χ1n) is 6.02. The number of hydrogen-bond donors (Lipinski definition) is 1. The topological polar surface area (TPSA) is 20.2 Å². The molecule has 0 spiro atoms. The average Bonchev–Trinajstić information content (AvgIpc) is 2.21. The van der Waals surface area contributed by atoms with Crippen LogP contribution in [0.15, 0.2) is 12.2 Å². The maximum atomic E-state index is 10.4. The van der Waals surface area contributed by atoms with Gasteiger partial charge < -0.3 is 5.11 Å². The first-order chi connectivity index (χ1) is 6.68. The van der Waals surface area contributed by atoms with E-state index < -0.39 is 5.60 Å². The van der Waals surface area contributed by atoms with Crippen molar-refractivity contribution in [1.29, 1.82) is 0 Å². The highest BCUT2D eigenvalue weighted by Crippen LogP contribution is 2.25. The quantitative estimate of drug-likeness (QED) is 0.583.